The second kappa shape index (κ2) is 5.94. The average molecular weight is 341 g/mol. The summed E-state index contributed by atoms with van der Waals surface area (Å²) in [6.07, 6.45) is 0. The molecule has 0 bridgehead atoms. The third kappa shape index (κ3) is 3.48. The standard InChI is InChI=1S/C14H10Cl2N2O2S/c1-9-6-11(15)3-4-13(9)18-21(19,20)14-5-2-10(8-17)7-12(14)16/h2-7,18H,1H3. The highest BCUT2D eigenvalue weighted by Crippen LogP contribution is 2.27. The van der Waals surface area contributed by atoms with Crippen LogP contribution in [0.3, 0.4) is 0 Å². The molecule has 0 radical (unpaired) electrons. The molecule has 108 valence electrons. The van der Waals surface area contributed by atoms with Crippen LogP contribution < -0.4 is 4.72 Å². The van der Waals surface area contributed by atoms with E-state index in [0.29, 0.717) is 21.8 Å². The molecular formula is C14H10Cl2N2O2S. The third-order valence-corrected chi connectivity index (χ3v) is 4.87. The summed E-state index contributed by atoms with van der Waals surface area (Å²) in [5.74, 6) is 0. The number of aryl methyl sites for hydroxylation is 1. The van der Waals surface area contributed by atoms with E-state index in [0.717, 1.165) is 0 Å². The number of nitrogens with one attached hydrogen (secondary N) is 1. The van der Waals surface area contributed by atoms with Crippen LogP contribution in [0.25, 0.3) is 0 Å². The van der Waals surface area contributed by atoms with Crippen LogP contribution in [0.15, 0.2) is 41.3 Å². The Morgan fingerprint density at radius 2 is 1.86 bits per heavy atom. The van der Waals surface area contributed by atoms with Gasteiger partial charge in [0.2, 0.25) is 0 Å². The monoisotopic (exact) mass is 340 g/mol. The smallest absolute Gasteiger partial charge is 0.263 e. The molecule has 0 aliphatic heterocycles. The van der Waals surface area contributed by atoms with E-state index in [2.05, 4.69) is 4.72 Å². The normalized spacial score (nSPS) is 11.0. The molecule has 0 aromatic heterocycles. The van der Waals surface area contributed by atoms with E-state index >= 15 is 0 Å². The summed E-state index contributed by atoms with van der Waals surface area (Å²) >= 11 is 11.8. The summed E-state index contributed by atoms with van der Waals surface area (Å²) in [6.45, 7) is 1.74. The van der Waals surface area contributed by atoms with Crippen molar-refractivity contribution >= 4 is 38.9 Å². The highest BCUT2D eigenvalue weighted by Gasteiger charge is 2.19. The highest BCUT2D eigenvalue weighted by atomic mass is 35.5. The van der Waals surface area contributed by atoms with Crippen molar-refractivity contribution in [2.24, 2.45) is 0 Å². The van der Waals surface area contributed by atoms with E-state index in [4.69, 9.17) is 28.5 Å². The fourth-order valence-electron chi connectivity index (χ4n) is 1.73. The number of anilines is 1. The Hall–Kier alpha value is -1.74. The number of sulfonamides is 1. The number of nitrogens with zero attached hydrogens (tertiary/aromatic N) is 1. The Balaban J connectivity index is 2.41. The number of nitriles is 1. The lowest BCUT2D eigenvalue weighted by Crippen LogP contribution is -2.14. The largest absolute Gasteiger partial charge is 0.279 e. The number of rotatable bonds is 3. The first-order valence-corrected chi connectivity index (χ1v) is 8.06. The molecule has 7 heteroatoms. The van der Waals surface area contributed by atoms with Crippen LogP contribution in [-0.2, 0) is 10.0 Å². The first kappa shape index (κ1) is 15.6. The van der Waals surface area contributed by atoms with Gasteiger partial charge in [-0.25, -0.2) is 8.42 Å². The van der Waals surface area contributed by atoms with Crippen molar-refractivity contribution in [2.75, 3.05) is 4.72 Å². The van der Waals surface area contributed by atoms with Gasteiger partial charge in [0.05, 0.1) is 22.3 Å². The maximum Gasteiger partial charge on any atom is 0.263 e. The Bertz CT molecular complexity index is 843. The summed E-state index contributed by atoms with van der Waals surface area (Å²) in [5, 5.41) is 9.28. The maximum absolute atomic E-state index is 12.3. The minimum Gasteiger partial charge on any atom is -0.279 e. The van der Waals surface area contributed by atoms with Gasteiger partial charge in [-0.15, -0.1) is 0 Å². The summed E-state index contributed by atoms with van der Waals surface area (Å²) in [4.78, 5) is -0.0856. The van der Waals surface area contributed by atoms with Gasteiger partial charge in [0.1, 0.15) is 4.90 Å². The van der Waals surface area contributed by atoms with Crippen molar-refractivity contribution in [3.63, 3.8) is 0 Å². The van der Waals surface area contributed by atoms with Crippen LogP contribution in [0.1, 0.15) is 11.1 Å². The van der Waals surface area contributed by atoms with Gasteiger partial charge in [0.25, 0.3) is 10.0 Å². The summed E-state index contributed by atoms with van der Waals surface area (Å²) in [5.41, 5.74) is 1.40. The number of hydrogen-bond acceptors (Lipinski definition) is 3. The van der Waals surface area contributed by atoms with E-state index in [1.54, 1.807) is 25.1 Å². The molecule has 21 heavy (non-hydrogen) atoms. The Morgan fingerprint density at radius 1 is 1.14 bits per heavy atom. The fourth-order valence-corrected chi connectivity index (χ4v) is 3.63. The van der Waals surface area contributed by atoms with Crippen LogP contribution in [-0.4, -0.2) is 8.42 Å². The van der Waals surface area contributed by atoms with Gasteiger partial charge in [-0.3, -0.25) is 4.72 Å². The second-order valence-electron chi connectivity index (χ2n) is 4.32. The Kier molecular flexibility index (Phi) is 4.43. The van der Waals surface area contributed by atoms with E-state index in [9.17, 15) is 8.42 Å². The fraction of sp³-hybridized carbons (Fsp3) is 0.0714. The summed E-state index contributed by atoms with van der Waals surface area (Å²) in [7, 11) is -3.84. The van der Waals surface area contributed by atoms with Gasteiger partial charge in [0.15, 0.2) is 0 Å². The molecule has 0 spiro atoms. The molecule has 0 saturated heterocycles. The lowest BCUT2D eigenvalue weighted by molar-refractivity contribution is 0.601. The molecule has 0 amide bonds. The molecule has 0 atom stereocenters. The highest BCUT2D eigenvalue weighted by molar-refractivity contribution is 7.92. The van der Waals surface area contributed by atoms with Crippen molar-refractivity contribution in [1.82, 2.24) is 0 Å². The summed E-state index contributed by atoms with van der Waals surface area (Å²) < 4.78 is 27.2. The van der Waals surface area contributed by atoms with Crippen molar-refractivity contribution in [1.29, 1.82) is 5.26 Å². The SMILES string of the molecule is Cc1cc(Cl)ccc1NS(=O)(=O)c1ccc(C#N)cc1Cl. The Morgan fingerprint density at radius 3 is 2.43 bits per heavy atom. The van der Waals surface area contributed by atoms with Gasteiger partial charge < -0.3 is 0 Å². The van der Waals surface area contributed by atoms with Crippen molar-refractivity contribution in [2.45, 2.75) is 11.8 Å². The van der Waals surface area contributed by atoms with Gasteiger partial charge >= 0.3 is 0 Å². The average Bonchev–Trinajstić information content (AvgIpc) is 2.41. The molecular weight excluding hydrogens is 331 g/mol. The molecule has 2 aromatic carbocycles. The zero-order chi connectivity index (χ0) is 15.6. The third-order valence-electron chi connectivity index (χ3n) is 2.78. The summed E-state index contributed by atoms with van der Waals surface area (Å²) in [6, 6.07) is 10.7. The van der Waals surface area contributed by atoms with Crippen molar-refractivity contribution in [3.8, 4) is 6.07 Å². The van der Waals surface area contributed by atoms with E-state index < -0.39 is 10.0 Å². The zero-order valence-corrected chi connectivity index (χ0v) is 13.2. The maximum atomic E-state index is 12.3. The van der Waals surface area contributed by atoms with Crippen LogP contribution >= 0.6 is 23.2 Å². The predicted octanol–water partition coefficient (Wildman–Crippen LogP) is 3.97. The molecule has 0 aliphatic carbocycles. The molecule has 1 N–H and O–H groups in total. The predicted molar refractivity (Wildman–Crippen MR) is 83.2 cm³/mol. The van der Waals surface area contributed by atoms with Gasteiger partial charge in [0, 0.05) is 5.02 Å². The first-order chi connectivity index (χ1) is 9.83. The van der Waals surface area contributed by atoms with E-state index in [-0.39, 0.29) is 9.92 Å². The molecule has 0 fully saturated rings. The van der Waals surface area contributed by atoms with Crippen LogP contribution in [0, 0.1) is 18.3 Å². The minimum atomic E-state index is -3.84. The molecule has 0 saturated carbocycles. The molecule has 0 aliphatic rings. The van der Waals surface area contributed by atoms with Gasteiger partial charge in [-0.05, 0) is 48.9 Å². The van der Waals surface area contributed by atoms with Crippen LogP contribution in [0.2, 0.25) is 10.0 Å². The van der Waals surface area contributed by atoms with Gasteiger partial charge in [-0.2, -0.15) is 5.26 Å². The lowest BCUT2D eigenvalue weighted by Gasteiger charge is -2.12. The minimum absolute atomic E-state index is 0.00633. The first-order valence-electron chi connectivity index (χ1n) is 5.82. The number of halogens is 2. The van der Waals surface area contributed by atoms with Crippen molar-refractivity contribution in [3.05, 3.63) is 57.6 Å². The quantitative estimate of drug-likeness (QED) is 0.918. The molecule has 2 aromatic rings. The zero-order valence-electron chi connectivity index (χ0n) is 10.9. The van der Waals surface area contributed by atoms with Gasteiger partial charge in [-0.1, -0.05) is 23.2 Å². The number of benzene rings is 2. The lowest BCUT2D eigenvalue weighted by atomic mass is 10.2. The van der Waals surface area contributed by atoms with Crippen molar-refractivity contribution < 1.29 is 8.42 Å². The van der Waals surface area contributed by atoms with E-state index in [1.165, 1.54) is 18.2 Å². The topological polar surface area (TPSA) is 70.0 Å². The molecule has 4 nitrogen and oxygen atoms in total. The second-order valence-corrected chi connectivity index (χ2v) is 6.82. The molecule has 2 rings (SSSR count). The number of hydrogen-bond donors (Lipinski definition) is 1. The van der Waals surface area contributed by atoms with Crippen LogP contribution in [0.4, 0.5) is 5.69 Å². The molecule has 0 heterocycles. The Labute approximate surface area is 133 Å². The van der Waals surface area contributed by atoms with Crippen LogP contribution in [0.5, 0.6) is 0 Å². The van der Waals surface area contributed by atoms with E-state index in [1.807, 2.05) is 6.07 Å². The molecule has 0 unspecified atom stereocenters.